The molecule has 2 unspecified atom stereocenters. The molecule has 0 bridgehead atoms. The van der Waals surface area contributed by atoms with Gasteiger partial charge in [0.15, 0.2) is 0 Å². The minimum Gasteiger partial charge on any atom is -0.379 e. The third-order valence-corrected chi connectivity index (χ3v) is 4.65. The third kappa shape index (κ3) is 2.86. The number of carbonyl (C=O) groups excluding carboxylic acids is 1. The molecular formula is C14H26N2O2. The molecule has 0 aromatic carbocycles. The molecule has 2 aliphatic rings. The molecule has 0 aromatic heterocycles. The Kier molecular flexibility index (Phi) is 4.62. The van der Waals surface area contributed by atoms with E-state index in [1.54, 1.807) is 0 Å². The first kappa shape index (κ1) is 13.8. The maximum absolute atomic E-state index is 12.5. The van der Waals surface area contributed by atoms with E-state index in [2.05, 4.69) is 12.2 Å². The molecule has 18 heavy (non-hydrogen) atoms. The lowest BCUT2D eigenvalue weighted by molar-refractivity contribution is -0.137. The number of nitrogens with zero attached hydrogens (tertiary/aromatic N) is 1. The summed E-state index contributed by atoms with van der Waals surface area (Å²) in [7, 11) is 3.87. The topological polar surface area (TPSA) is 41.6 Å². The fraction of sp³-hybridized carbons (Fsp3) is 0.929. The first-order valence-electron chi connectivity index (χ1n) is 7.15. The van der Waals surface area contributed by atoms with Crippen molar-refractivity contribution in [2.75, 3.05) is 27.3 Å². The highest BCUT2D eigenvalue weighted by molar-refractivity contribution is 5.80. The molecular weight excluding hydrogens is 228 g/mol. The van der Waals surface area contributed by atoms with Crippen molar-refractivity contribution in [3.8, 4) is 0 Å². The van der Waals surface area contributed by atoms with E-state index in [9.17, 15) is 4.79 Å². The van der Waals surface area contributed by atoms with Gasteiger partial charge < -0.3 is 15.0 Å². The number of likely N-dealkylation sites (N-methyl/N-ethyl adjacent to an activating group) is 1. The second-order valence-electron chi connectivity index (χ2n) is 5.90. The number of hydrogen-bond acceptors (Lipinski definition) is 3. The first-order valence-corrected chi connectivity index (χ1v) is 7.15. The smallest absolute Gasteiger partial charge is 0.229 e. The van der Waals surface area contributed by atoms with Crippen LogP contribution in [0.2, 0.25) is 0 Å². The normalized spacial score (nSPS) is 36.6. The van der Waals surface area contributed by atoms with Gasteiger partial charge in [0.2, 0.25) is 5.91 Å². The lowest BCUT2D eigenvalue weighted by Crippen LogP contribution is -2.47. The summed E-state index contributed by atoms with van der Waals surface area (Å²) in [4.78, 5) is 14.5. The average molecular weight is 254 g/mol. The summed E-state index contributed by atoms with van der Waals surface area (Å²) < 4.78 is 5.43. The van der Waals surface area contributed by atoms with E-state index in [0.717, 1.165) is 18.8 Å². The highest BCUT2D eigenvalue weighted by Crippen LogP contribution is 2.28. The molecule has 1 saturated heterocycles. The van der Waals surface area contributed by atoms with Gasteiger partial charge >= 0.3 is 0 Å². The van der Waals surface area contributed by atoms with Crippen molar-refractivity contribution in [2.45, 2.75) is 44.7 Å². The van der Waals surface area contributed by atoms with Crippen LogP contribution < -0.4 is 5.32 Å². The Bertz CT molecular complexity index is 288. The minimum absolute atomic E-state index is 0.000602. The van der Waals surface area contributed by atoms with Gasteiger partial charge in [-0.05, 0) is 38.6 Å². The van der Waals surface area contributed by atoms with Crippen molar-refractivity contribution in [2.24, 2.45) is 11.8 Å². The van der Waals surface area contributed by atoms with Crippen LogP contribution in [0.3, 0.4) is 0 Å². The van der Waals surface area contributed by atoms with Gasteiger partial charge in [0.05, 0.1) is 19.1 Å². The Balaban J connectivity index is 1.91. The van der Waals surface area contributed by atoms with Crippen molar-refractivity contribution < 1.29 is 9.53 Å². The van der Waals surface area contributed by atoms with Crippen molar-refractivity contribution in [1.82, 2.24) is 10.2 Å². The predicted octanol–water partition coefficient (Wildman–Crippen LogP) is 1.26. The number of nitrogens with one attached hydrogen (secondary N) is 1. The van der Waals surface area contributed by atoms with Crippen LogP contribution >= 0.6 is 0 Å². The summed E-state index contributed by atoms with van der Waals surface area (Å²) in [5, 5.41) is 3.19. The molecule has 2 fully saturated rings. The van der Waals surface area contributed by atoms with Gasteiger partial charge in [-0.3, -0.25) is 4.79 Å². The summed E-state index contributed by atoms with van der Waals surface area (Å²) in [5.41, 5.74) is 0. The van der Waals surface area contributed by atoms with E-state index in [0.29, 0.717) is 19.3 Å². The minimum atomic E-state index is -0.000602. The molecule has 0 spiro atoms. The van der Waals surface area contributed by atoms with Gasteiger partial charge in [0.25, 0.3) is 0 Å². The SMILES string of the molecule is CNC1COCC1C(=O)N(C)C1CCC(C)CC1. The van der Waals surface area contributed by atoms with Gasteiger partial charge in [0.1, 0.15) is 0 Å². The van der Waals surface area contributed by atoms with Crippen molar-refractivity contribution in [1.29, 1.82) is 0 Å². The van der Waals surface area contributed by atoms with E-state index in [4.69, 9.17) is 4.74 Å². The van der Waals surface area contributed by atoms with Crippen LogP contribution in [0, 0.1) is 11.8 Å². The second-order valence-corrected chi connectivity index (χ2v) is 5.90. The van der Waals surface area contributed by atoms with Crippen molar-refractivity contribution >= 4 is 5.91 Å². The quantitative estimate of drug-likeness (QED) is 0.824. The monoisotopic (exact) mass is 254 g/mol. The zero-order valence-corrected chi connectivity index (χ0v) is 11.8. The van der Waals surface area contributed by atoms with E-state index >= 15 is 0 Å². The molecule has 1 aliphatic carbocycles. The van der Waals surface area contributed by atoms with Crippen LogP contribution in [-0.2, 0) is 9.53 Å². The summed E-state index contributed by atoms with van der Waals surface area (Å²) >= 11 is 0. The maximum Gasteiger partial charge on any atom is 0.229 e. The number of hydrogen-bond donors (Lipinski definition) is 1. The molecule has 1 heterocycles. The summed E-state index contributed by atoms with van der Waals surface area (Å²) in [6, 6.07) is 0.620. The summed E-state index contributed by atoms with van der Waals surface area (Å²) in [6.07, 6.45) is 4.81. The molecule has 1 aliphatic heterocycles. The van der Waals surface area contributed by atoms with Crippen LogP contribution in [0.4, 0.5) is 0 Å². The van der Waals surface area contributed by atoms with Gasteiger partial charge in [-0.1, -0.05) is 6.92 Å². The second kappa shape index (κ2) is 6.02. The van der Waals surface area contributed by atoms with E-state index in [1.165, 1.54) is 12.8 Å². The average Bonchev–Trinajstić information content (AvgIpc) is 2.86. The Labute approximate surface area is 110 Å². The molecule has 4 heteroatoms. The Morgan fingerprint density at radius 1 is 1.22 bits per heavy atom. The van der Waals surface area contributed by atoms with Gasteiger partial charge in [-0.2, -0.15) is 0 Å². The number of rotatable bonds is 3. The zero-order chi connectivity index (χ0) is 13.1. The van der Waals surface area contributed by atoms with Crippen LogP contribution in [0.25, 0.3) is 0 Å². The standard InChI is InChI=1S/C14H26N2O2/c1-10-4-6-11(7-5-10)16(3)14(17)12-8-18-9-13(12)15-2/h10-13,15H,4-9H2,1-3H3. The molecule has 2 rings (SSSR count). The van der Waals surface area contributed by atoms with Gasteiger partial charge in [-0.15, -0.1) is 0 Å². The van der Waals surface area contributed by atoms with Gasteiger partial charge in [-0.25, -0.2) is 0 Å². The van der Waals surface area contributed by atoms with Crippen molar-refractivity contribution in [3.63, 3.8) is 0 Å². The molecule has 2 atom stereocenters. The molecule has 104 valence electrons. The third-order valence-electron chi connectivity index (χ3n) is 4.65. The van der Waals surface area contributed by atoms with E-state index in [-0.39, 0.29) is 17.9 Å². The van der Waals surface area contributed by atoms with E-state index < -0.39 is 0 Å². The molecule has 1 amide bonds. The Morgan fingerprint density at radius 3 is 2.50 bits per heavy atom. The van der Waals surface area contributed by atoms with E-state index in [1.807, 2.05) is 19.0 Å². The van der Waals surface area contributed by atoms with Crippen LogP contribution in [0.15, 0.2) is 0 Å². The highest BCUT2D eigenvalue weighted by Gasteiger charge is 2.37. The fourth-order valence-corrected chi connectivity index (χ4v) is 3.15. The lowest BCUT2D eigenvalue weighted by Gasteiger charge is -2.35. The first-order chi connectivity index (χ1) is 8.63. The number of carbonyl (C=O) groups is 1. The fourth-order valence-electron chi connectivity index (χ4n) is 3.15. The van der Waals surface area contributed by atoms with Crippen LogP contribution in [0.1, 0.15) is 32.6 Å². The summed E-state index contributed by atoms with van der Waals surface area (Å²) in [5.74, 6) is 1.08. The highest BCUT2D eigenvalue weighted by atomic mass is 16.5. The molecule has 1 saturated carbocycles. The summed E-state index contributed by atoms with van der Waals surface area (Å²) in [6.45, 7) is 3.53. The predicted molar refractivity (Wildman–Crippen MR) is 71.3 cm³/mol. The Morgan fingerprint density at radius 2 is 1.89 bits per heavy atom. The zero-order valence-electron chi connectivity index (χ0n) is 11.8. The maximum atomic E-state index is 12.5. The molecule has 0 aromatic rings. The largest absolute Gasteiger partial charge is 0.379 e. The van der Waals surface area contributed by atoms with Gasteiger partial charge in [0, 0.05) is 19.1 Å². The molecule has 1 N–H and O–H groups in total. The van der Waals surface area contributed by atoms with Crippen molar-refractivity contribution in [3.05, 3.63) is 0 Å². The van der Waals surface area contributed by atoms with Crippen LogP contribution in [0.5, 0.6) is 0 Å². The molecule has 0 radical (unpaired) electrons. The Hall–Kier alpha value is -0.610. The number of ether oxygens (including phenoxy) is 1. The molecule has 4 nitrogen and oxygen atoms in total. The van der Waals surface area contributed by atoms with Crippen LogP contribution in [-0.4, -0.2) is 50.2 Å². The number of amides is 1. The lowest BCUT2D eigenvalue weighted by atomic mass is 9.86.